The lowest BCUT2D eigenvalue weighted by atomic mass is 9.97. The molecule has 3 aromatic rings. The number of rotatable bonds is 27. The fourth-order valence-electron chi connectivity index (χ4n) is 7.45. The molecule has 0 bridgehead atoms. The number of anilines is 1. The smallest absolute Gasteiger partial charge is 0.387 e. The second kappa shape index (κ2) is 32.0. The van der Waals surface area contributed by atoms with Crippen LogP contribution in [0.2, 0.25) is 0 Å². The molecule has 96 heavy (non-hydrogen) atoms. The van der Waals surface area contributed by atoms with Gasteiger partial charge in [-0.25, -0.2) is 76.2 Å². The Kier molecular flexibility index (Phi) is 28.8. The van der Waals surface area contributed by atoms with Crippen LogP contribution in [-0.2, 0) is 94.7 Å². The predicted molar refractivity (Wildman–Crippen MR) is 292 cm³/mol. The lowest BCUT2D eigenvalue weighted by Gasteiger charge is -2.26. The van der Waals surface area contributed by atoms with Crippen LogP contribution >= 0.6 is 119 Å². The SMILES string of the molecule is Nc1nc(=S)n([C@@H]2O[C@H](COP(=O)(O)OP(=O)(O)OP(=O)(O)O)[C@H](O)C2(F)CF)cc1F.O=P(O)(O)OP(=O)(O)OP(=O)(O)OC[C@H]1O[C@@H](n2cc(F)c(=S)[nH]c2=S)C(F)(CF)[C@H]1O.O=c1[nH]c(=S)n([C@@H]2O[C@H](COP(=O)(O)OP(=O)(O)OP(=O)(O)O)[C@H](O)C2(F)CF)cc1F. The highest BCUT2D eigenvalue weighted by Crippen LogP contribution is 2.69. The maximum Gasteiger partial charge on any atom is 0.490 e. The zero-order valence-corrected chi connectivity index (χ0v) is 56.6. The monoisotopic (exact) mass is 1670 g/mol. The minimum atomic E-state index is -5.85. The molecule has 18 atom stereocenters. The molecule has 0 aromatic carbocycles. The van der Waals surface area contributed by atoms with Crippen molar-refractivity contribution in [3.63, 3.8) is 0 Å². The number of aliphatic hydroxyl groups is 3. The molecular formula is C30H43F9N7O37P9S4. The van der Waals surface area contributed by atoms with E-state index in [0.29, 0.717) is 32.3 Å². The molecular weight excluding hydrogens is 1630 g/mol. The first kappa shape index (κ1) is 86.5. The third-order valence-electron chi connectivity index (χ3n) is 11.3. The fourth-order valence-corrected chi connectivity index (χ4v) is 17.5. The number of nitrogen functional groups attached to an aromatic ring is 1. The second-order valence-electron chi connectivity index (χ2n) is 18.2. The number of phosphoric acid groups is 9. The number of hydrogen-bond donors (Lipinski definition) is 18. The average Bonchev–Trinajstić information content (AvgIpc) is 1.67. The number of halogens is 9. The van der Waals surface area contributed by atoms with Gasteiger partial charge in [-0.05, 0) is 36.7 Å². The second-order valence-corrected chi connectivity index (χ2v) is 33.0. The quantitative estimate of drug-likeness (QED) is 0.0296. The van der Waals surface area contributed by atoms with Crippen molar-refractivity contribution in [2.45, 2.75) is 72.3 Å². The zero-order valence-electron chi connectivity index (χ0n) is 45.3. The largest absolute Gasteiger partial charge is 0.490 e. The minimum Gasteiger partial charge on any atom is -0.387 e. The Morgan fingerprint density at radius 3 is 1.06 bits per heavy atom. The lowest BCUT2D eigenvalue weighted by molar-refractivity contribution is -0.0725. The Balaban J connectivity index is 0.000000306. The predicted octanol–water partition coefficient (Wildman–Crippen LogP) is 2.63. The first-order chi connectivity index (χ1) is 43.2. The highest BCUT2D eigenvalue weighted by Gasteiger charge is 2.62. The first-order valence-electron chi connectivity index (χ1n) is 23.4. The normalized spacial score (nSPS) is 30.1. The highest BCUT2D eigenvalue weighted by atomic mass is 32.1. The zero-order chi connectivity index (χ0) is 74.1. The van der Waals surface area contributed by atoms with Gasteiger partial charge in [0, 0.05) is 12.4 Å². The average molecular weight is 1670 g/mol. The van der Waals surface area contributed by atoms with Gasteiger partial charge in [0.25, 0.3) is 5.56 Å². The van der Waals surface area contributed by atoms with Crippen molar-refractivity contribution >= 4 is 125 Å². The van der Waals surface area contributed by atoms with Crippen LogP contribution in [-0.4, -0.2) is 196 Å². The van der Waals surface area contributed by atoms with Gasteiger partial charge in [-0.2, -0.15) is 35.2 Å². The van der Waals surface area contributed by atoms with Crippen LogP contribution in [0.4, 0.5) is 45.3 Å². The Bertz CT molecular complexity index is 3970. The molecule has 6 heterocycles. The van der Waals surface area contributed by atoms with Crippen molar-refractivity contribution in [2.75, 3.05) is 45.6 Å². The third-order valence-corrected chi connectivity index (χ3v) is 23.9. The molecule has 3 fully saturated rings. The van der Waals surface area contributed by atoms with E-state index in [2.05, 4.69) is 61.6 Å². The van der Waals surface area contributed by atoms with Gasteiger partial charge in [-0.1, -0.05) is 12.2 Å². The Morgan fingerprint density at radius 2 is 0.760 bits per heavy atom. The molecule has 0 aliphatic carbocycles. The highest BCUT2D eigenvalue weighted by molar-refractivity contribution is 7.72. The van der Waals surface area contributed by atoms with Gasteiger partial charge in [-0.15, -0.1) is 0 Å². The van der Waals surface area contributed by atoms with E-state index >= 15 is 13.2 Å². The number of nitrogens with one attached hydrogen (secondary N) is 2. The summed E-state index contributed by atoms with van der Waals surface area (Å²) >= 11 is 18.9. The molecule has 66 heteroatoms. The summed E-state index contributed by atoms with van der Waals surface area (Å²) in [6.07, 6.45) is -18.3. The van der Waals surface area contributed by atoms with Gasteiger partial charge in [0.2, 0.25) is 27.6 Å². The van der Waals surface area contributed by atoms with E-state index in [9.17, 15) is 102 Å². The van der Waals surface area contributed by atoms with Crippen molar-refractivity contribution in [3.05, 3.63) is 65.3 Å². The molecule has 0 spiro atoms. The van der Waals surface area contributed by atoms with Crippen molar-refractivity contribution in [3.8, 4) is 0 Å². The minimum absolute atomic E-state index is 0.354. The number of alkyl halides is 6. The topological polar surface area (TPSA) is 670 Å². The molecule has 0 radical (unpaired) electrons. The Morgan fingerprint density at radius 1 is 0.479 bits per heavy atom. The summed E-state index contributed by atoms with van der Waals surface area (Å²) in [6.45, 7) is -9.68. The Hall–Kier alpha value is -1.92. The van der Waals surface area contributed by atoms with Crippen LogP contribution in [0.3, 0.4) is 0 Å². The van der Waals surface area contributed by atoms with E-state index in [1.807, 2.05) is 0 Å². The van der Waals surface area contributed by atoms with Gasteiger partial charge in [0.1, 0.15) is 61.3 Å². The number of hydrogen-bond acceptors (Lipinski definition) is 31. The maximum atomic E-state index is 15.1. The summed E-state index contributed by atoms with van der Waals surface area (Å²) in [6, 6.07) is 0. The van der Waals surface area contributed by atoms with E-state index in [0.717, 1.165) is 0 Å². The number of nitrogens with zero attached hydrogens (tertiary/aromatic N) is 4. The summed E-state index contributed by atoms with van der Waals surface area (Å²) in [4.78, 5) is 125. The van der Waals surface area contributed by atoms with E-state index in [1.54, 1.807) is 4.98 Å². The Labute approximate surface area is 543 Å². The van der Waals surface area contributed by atoms with E-state index in [4.69, 9.17) is 101 Å². The number of phosphoric ester groups is 3. The summed E-state index contributed by atoms with van der Waals surface area (Å²) < 4.78 is 276. The van der Waals surface area contributed by atoms with Gasteiger partial charge >= 0.3 is 70.4 Å². The molecule has 0 amide bonds. The van der Waals surface area contributed by atoms with E-state index < -0.39 is 230 Å². The van der Waals surface area contributed by atoms with Crippen molar-refractivity contribution in [1.82, 2.24) is 28.7 Å². The molecule has 0 saturated carbocycles. The molecule has 19 N–H and O–H groups in total. The molecule has 3 aliphatic heterocycles. The van der Waals surface area contributed by atoms with Crippen molar-refractivity contribution < 1.29 is 208 Å². The van der Waals surface area contributed by atoms with Crippen molar-refractivity contribution in [2.24, 2.45) is 0 Å². The molecule has 552 valence electrons. The van der Waals surface area contributed by atoms with Crippen LogP contribution < -0.4 is 11.3 Å². The summed E-state index contributed by atoms with van der Waals surface area (Å²) in [5.74, 6) is -4.45. The number of aromatic nitrogens is 6. The molecule has 3 saturated heterocycles. The summed E-state index contributed by atoms with van der Waals surface area (Å²) in [5, 5.41) is 30.2. The van der Waals surface area contributed by atoms with Crippen LogP contribution in [0, 0.1) is 36.4 Å². The fraction of sp³-hybridized carbons (Fsp3) is 0.600. The molecule has 44 nitrogen and oxygen atoms in total. The third kappa shape index (κ3) is 23.3. The summed E-state index contributed by atoms with van der Waals surface area (Å²) in [5.41, 5.74) is -6.00. The number of aliphatic hydroxyl groups excluding tert-OH is 3. The van der Waals surface area contributed by atoms with Crippen LogP contribution in [0.15, 0.2) is 23.4 Å². The maximum absolute atomic E-state index is 15.1. The number of ether oxygens (including phenoxy) is 3. The molecule has 9 unspecified atom stereocenters. The van der Waals surface area contributed by atoms with Crippen LogP contribution in [0.5, 0.6) is 0 Å². The van der Waals surface area contributed by atoms with E-state index in [1.165, 1.54) is 0 Å². The molecule has 3 aliphatic rings. The molecule has 6 rings (SSSR count). The van der Waals surface area contributed by atoms with Gasteiger partial charge in [0.05, 0.1) is 26.0 Å². The number of nitrogens with two attached hydrogens (primary N) is 1. The standard InChI is InChI=1S/C10H15F3N3O12P3S.C10H14F3N2O13P3S.C10H14F3N2O12P3S2/c11-3-10(13)6(17)5(26-8(10)16-1-4(12)7(14)15-9(16)32)2-25-30(21,22)28-31(23,24)27-29(18,19)20;11-3-10(13)6(16)5(26-8(10)15-1-4(12)7(17)14-9(15)32)2-25-30(21,22)28-31(23,24)27-29(18,19)20;11-3-10(13)6(16)5(25-8(10)15-1-4(12)7(31)14-9(15)32)2-24-29(20,21)27-30(22,23)26-28(17,18)19/h1,5-6,8,17H,2-3H2,(H,21,22)(H,23,24)(H2,14,15,32)(H2,18,19,20);1,5-6,8,16H,2-3H2,(H,21,22)(H,23,24)(H,14,17,32)(H2,18,19,20);1,5-6,8,16H,2-3H2,(H,20,21)(H,22,23)(H,14,31,32)(H2,17,18,19)/t3*5-,6+,8-,10?/m111/s1. The number of H-pyrrole nitrogens is 2. The van der Waals surface area contributed by atoms with Crippen LogP contribution in [0.25, 0.3) is 0 Å². The van der Waals surface area contributed by atoms with Crippen molar-refractivity contribution in [1.29, 1.82) is 0 Å². The van der Waals surface area contributed by atoms with Gasteiger partial charge in [0.15, 0.2) is 45.7 Å². The lowest BCUT2D eigenvalue weighted by Crippen LogP contribution is -2.45. The number of aromatic amines is 2. The summed E-state index contributed by atoms with van der Waals surface area (Å²) in [7, 11) is -51.4. The van der Waals surface area contributed by atoms with Gasteiger partial charge in [-0.3, -0.25) is 37.1 Å². The van der Waals surface area contributed by atoms with Gasteiger partial charge < -0.3 is 99.0 Å². The van der Waals surface area contributed by atoms with E-state index in [-0.39, 0.29) is 0 Å². The first-order valence-corrected chi connectivity index (χ1v) is 38.6. The molecule has 3 aromatic heterocycles. The van der Waals surface area contributed by atoms with Crippen LogP contribution in [0.1, 0.15) is 18.7 Å².